The van der Waals surface area contributed by atoms with Crippen molar-refractivity contribution in [2.45, 2.75) is 59.5 Å². The lowest BCUT2D eigenvalue weighted by Crippen LogP contribution is -2.49. The number of nitrogens with two attached hydrogens (primary N) is 2. The van der Waals surface area contributed by atoms with Gasteiger partial charge in [-0.15, -0.1) is 0 Å². The Morgan fingerprint density at radius 3 is 2.06 bits per heavy atom. The minimum Gasteiger partial charge on any atom is -0.345 e. The fourth-order valence-corrected chi connectivity index (χ4v) is 1.27. The van der Waals surface area contributed by atoms with Gasteiger partial charge in [-0.25, -0.2) is 0 Å². The molecule has 0 saturated heterocycles. The van der Waals surface area contributed by atoms with E-state index in [2.05, 4.69) is 5.32 Å². The second-order valence-electron chi connectivity index (χ2n) is 4.37. The highest BCUT2D eigenvalue weighted by Gasteiger charge is 2.22. The molecule has 0 aliphatic heterocycles. The van der Waals surface area contributed by atoms with Crippen molar-refractivity contribution in [3.63, 3.8) is 0 Å². The van der Waals surface area contributed by atoms with Crippen LogP contribution in [0.5, 0.6) is 0 Å². The lowest BCUT2D eigenvalue weighted by Gasteiger charge is -2.20. The first-order valence-corrected chi connectivity index (χ1v) is 6.66. The minimum atomic E-state index is -0.570. The Labute approximate surface area is 111 Å². The number of Topliss-reactive ketones (excluding diaryl/α,β-unsaturated/α-hetero) is 1. The molecule has 5 N–H and O–H groups in total. The van der Waals surface area contributed by atoms with Crippen LogP contribution in [0.25, 0.3) is 0 Å². The molecular weight excluding hydrogens is 230 g/mol. The summed E-state index contributed by atoms with van der Waals surface area (Å²) in [4.78, 5) is 22.9. The molecule has 0 spiro atoms. The zero-order valence-electron chi connectivity index (χ0n) is 12.3. The van der Waals surface area contributed by atoms with E-state index in [1.54, 1.807) is 0 Å². The van der Waals surface area contributed by atoms with Crippen molar-refractivity contribution >= 4 is 11.7 Å². The van der Waals surface area contributed by atoms with E-state index in [4.69, 9.17) is 11.5 Å². The molecule has 0 aliphatic carbocycles. The minimum absolute atomic E-state index is 0.0575. The molecule has 0 rings (SSSR count). The van der Waals surface area contributed by atoms with Crippen LogP contribution < -0.4 is 16.8 Å². The predicted molar refractivity (Wildman–Crippen MR) is 75.1 cm³/mol. The van der Waals surface area contributed by atoms with Crippen molar-refractivity contribution in [1.82, 2.24) is 5.32 Å². The quantitative estimate of drug-likeness (QED) is 0.630. The van der Waals surface area contributed by atoms with Crippen LogP contribution in [-0.4, -0.2) is 30.3 Å². The SMILES string of the molecule is CC.CC(=O)C(CCCN)NC(=O)C(N)C(C)C. The normalized spacial score (nSPS) is 13.3. The number of nitrogens with one attached hydrogen (secondary N) is 1. The van der Waals surface area contributed by atoms with Gasteiger partial charge in [0, 0.05) is 0 Å². The maximum absolute atomic E-state index is 11.6. The van der Waals surface area contributed by atoms with Crippen LogP contribution in [0.15, 0.2) is 0 Å². The van der Waals surface area contributed by atoms with Crippen LogP contribution in [0.1, 0.15) is 47.5 Å². The highest BCUT2D eigenvalue weighted by molar-refractivity contribution is 5.89. The number of hydrogen-bond acceptors (Lipinski definition) is 4. The largest absolute Gasteiger partial charge is 0.345 e. The van der Waals surface area contributed by atoms with E-state index in [0.29, 0.717) is 19.4 Å². The lowest BCUT2D eigenvalue weighted by molar-refractivity contribution is -0.128. The number of carbonyl (C=O) groups excluding carboxylic acids is 2. The maximum atomic E-state index is 11.6. The van der Waals surface area contributed by atoms with Crippen LogP contribution in [0.4, 0.5) is 0 Å². The first kappa shape index (κ1) is 19.4. The summed E-state index contributed by atoms with van der Waals surface area (Å²) in [5.74, 6) is -0.271. The third-order valence-electron chi connectivity index (χ3n) is 2.53. The van der Waals surface area contributed by atoms with Crippen molar-refractivity contribution < 1.29 is 9.59 Å². The van der Waals surface area contributed by atoms with Gasteiger partial charge in [0.2, 0.25) is 5.91 Å². The molecule has 18 heavy (non-hydrogen) atoms. The highest BCUT2D eigenvalue weighted by Crippen LogP contribution is 2.02. The average Bonchev–Trinajstić information content (AvgIpc) is 2.35. The Morgan fingerprint density at radius 2 is 1.72 bits per heavy atom. The standard InChI is InChI=1S/C11H23N3O2.C2H6/c1-7(2)10(13)11(16)14-9(8(3)15)5-4-6-12;1-2/h7,9-10H,4-6,12-13H2,1-3H3,(H,14,16);1-2H3. The Balaban J connectivity index is 0. The van der Waals surface area contributed by atoms with Crippen molar-refractivity contribution in [2.75, 3.05) is 6.54 Å². The highest BCUT2D eigenvalue weighted by atomic mass is 16.2. The molecule has 108 valence electrons. The molecule has 0 aromatic carbocycles. The monoisotopic (exact) mass is 259 g/mol. The van der Waals surface area contributed by atoms with Crippen molar-refractivity contribution in [3.8, 4) is 0 Å². The van der Waals surface area contributed by atoms with Crippen molar-refractivity contribution in [3.05, 3.63) is 0 Å². The molecule has 0 fully saturated rings. The van der Waals surface area contributed by atoms with E-state index < -0.39 is 12.1 Å². The zero-order valence-corrected chi connectivity index (χ0v) is 12.3. The van der Waals surface area contributed by atoms with Gasteiger partial charge in [-0.05, 0) is 32.2 Å². The molecule has 0 aliphatic rings. The summed E-state index contributed by atoms with van der Waals surface area (Å²) in [6.45, 7) is 9.71. The molecule has 0 heterocycles. The van der Waals surface area contributed by atoms with Crippen LogP contribution in [0.3, 0.4) is 0 Å². The van der Waals surface area contributed by atoms with E-state index >= 15 is 0 Å². The summed E-state index contributed by atoms with van der Waals surface area (Å²) in [7, 11) is 0. The molecule has 0 aromatic heterocycles. The van der Waals surface area contributed by atoms with E-state index in [-0.39, 0.29) is 17.6 Å². The number of carbonyl (C=O) groups is 2. The second kappa shape index (κ2) is 11.2. The number of amides is 1. The van der Waals surface area contributed by atoms with E-state index in [9.17, 15) is 9.59 Å². The average molecular weight is 259 g/mol. The van der Waals surface area contributed by atoms with Crippen LogP contribution >= 0.6 is 0 Å². The predicted octanol–water partition coefficient (Wildman–Crippen LogP) is 0.809. The van der Waals surface area contributed by atoms with Gasteiger partial charge in [0.1, 0.15) is 0 Å². The summed E-state index contributed by atoms with van der Waals surface area (Å²) in [5, 5.41) is 2.66. The summed E-state index contributed by atoms with van der Waals surface area (Å²) in [6.07, 6.45) is 1.28. The first-order valence-electron chi connectivity index (χ1n) is 6.66. The molecule has 0 saturated carbocycles. The van der Waals surface area contributed by atoms with Gasteiger partial charge in [-0.2, -0.15) is 0 Å². The first-order chi connectivity index (χ1) is 8.40. The Hall–Kier alpha value is -0.940. The second-order valence-corrected chi connectivity index (χ2v) is 4.37. The number of rotatable bonds is 7. The zero-order chi connectivity index (χ0) is 14.7. The lowest BCUT2D eigenvalue weighted by atomic mass is 10.0. The van der Waals surface area contributed by atoms with Crippen LogP contribution in [0, 0.1) is 5.92 Å². The summed E-state index contributed by atoms with van der Waals surface area (Å²) in [5.41, 5.74) is 11.1. The van der Waals surface area contributed by atoms with E-state index in [1.165, 1.54) is 6.92 Å². The Bertz CT molecular complexity index is 242. The van der Waals surface area contributed by atoms with Gasteiger partial charge in [0.15, 0.2) is 5.78 Å². The molecule has 1 amide bonds. The van der Waals surface area contributed by atoms with Gasteiger partial charge in [0.25, 0.3) is 0 Å². The summed E-state index contributed by atoms with van der Waals surface area (Å²) in [6, 6.07) is -1.03. The molecule has 0 bridgehead atoms. The fraction of sp³-hybridized carbons (Fsp3) is 0.846. The molecule has 5 nitrogen and oxygen atoms in total. The molecule has 2 unspecified atom stereocenters. The van der Waals surface area contributed by atoms with Gasteiger partial charge in [-0.1, -0.05) is 27.7 Å². The topological polar surface area (TPSA) is 98.2 Å². The molecule has 5 heteroatoms. The third-order valence-corrected chi connectivity index (χ3v) is 2.53. The molecule has 0 radical (unpaired) electrons. The number of ketones is 1. The van der Waals surface area contributed by atoms with Gasteiger partial charge >= 0.3 is 0 Å². The molecular formula is C13H29N3O2. The van der Waals surface area contributed by atoms with Crippen molar-refractivity contribution in [1.29, 1.82) is 0 Å². The molecule has 2 atom stereocenters. The fourth-order valence-electron chi connectivity index (χ4n) is 1.27. The van der Waals surface area contributed by atoms with Crippen LogP contribution in [0.2, 0.25) is 0 Å². The van der Waals surface area contributed by atoms with Crippen molar-refractivity contribution in [2.24, 2.45) is 17.4 Å². The van der Waals surface area contributed by atoms with Crippen LogP contribution in [-0.2, 0) is 9.59 Å². The molecule has 0 aromatic rings. The Kier molecular flexibility index (Phi) is 12.0. The maximum Gasteiger partial charge on any atom is 0.237 e. The smallest absolute Gasteiger partial charge is 0.237 e. The van der Waals surface area contributed by atoms with Gasteiger partial charge in [-0.3, -0.25) is 9.59 Å². The van der Waals surface area contributed by atoms with E-state index in [0.717, 1.165) is 0 Å². The van der Waals surface area contributed by atoms with Gasteiger partial charge < -0.3 is 16.8 Å². The summed E-state index contributed by atoms with van der Waals surface area (Å²) < 4.78 is 0. The third kappa shape index (κ3) is 8.20. The van der Waals surface area contributed by atoms with Gasteiger partial charge in [0.05, 0.1) is 12.1 Å². The number of hydrogen-bond donors (Lipinski definition) is 3. The summed E-state index contributed by atoms with van der Waals surface area (Å²) >= 11 is 0. The Morgan fingerprint density at radius 1 is 1.22 bits per heavy atom. The van der Waals surface area contributed by atoms with E-state index in [1.807, 2.05) is 27.7 Å².